The third-order valence-electron chi connectivity index (χ3n) is 4.53. The van der Waals surface area contributed by atoms with E-state index in [2.05, 4.69) is 15.2 Å². The summed E-state index contributed by atoms with van der Waals surface area (Å²) in [5, 5.41) is 8.53. The predicted molar refractivity (Wildman–Crippen MR) is 94.9 cm³/mol. The van der Waals surface area contributed by atoms with Crippen molar-refractivity contribution in [1.82, 2.24) is 19.9 Å². The molecule has 0 saturated carbocycles. The number of hydrogen-bond acceptors (Lipinski definition) is 5. The lowest BCUT2D eigenvalue weighted by molar-refractivity contribution is -0.00113. The molecule has 1 aliphatic rings. The molecule has 5 rings (SSSR count). The molecule has 0 N–H and O–H groups in total. The molecule has 0 radical (unpaired) electrons. The zero-order chi connectivity index (χ0) is 18.2. The average molecular weight is 362 g/mol. The van der Waals surface area contributed by atoms with Gasteiger partial charge in [-0.2, -0.15) is 10.1 Å². The fourth-order valence-electron chi connectivity index (χ4n) is 3.17. The van der Waals surface area contributed by atoms with Gasteiger partial charge in [0.15, 0.2) is 5.69 Å². The number of fused-ring (bicyclic) bond motifs is 1. The Morgan fingerprint density at radius 3 is 2.78 bits per heavy atom. The molecule has 6 nitrogen and oxygen atoms in total. The first-order valence-electron chi connectivity index (χ1n) is 8.59. The largest absolute Gasteiger partial charge is 0.365 e. The first kappa shape index (κ1) is 15.9. The zero-order valence-corrected chi connectivity index (χ0v) is 14.2. The summed E-state index contributed by atoms with van der Waals surface area (Å²) in [6, 6.07) is 18.0. The van der Waals surface area contributed by atoms with Crippen LogP contribution in [0.25, 0.3) is 23.0 Å². The molecular weight excluding hydrogens is 347 g/mol. The molecule has 3 heterocycles. The van der Waals surface area contributed by atoms with E-state index in [-0.39, 0.29) is 11.9 Å². The van der Waals surface area contributed by atoms with Crippen molar-refractivity contribution in [2.45, 2.75) is 19.3 Å². The Morgan fingerprint density at radius 1 is 1.04 bits per heavy atom. The molecule has 0 aliphatic carbocycles. The summed E-state index contributed by atoms with van der Waals surface area (Å²) in [6.07, 6.45) is -0.0445. The summed E-state index contributed by atoms with van der Waals surface area (Å²) in [6.45, 7) is 1.07. The standard InChI is InChI=1S/C20H15FN4O2/c21-15-8-4-7-14(9-15)19-22-20(27-24-19)17-10-16-12-26-18(11-25(16)23-17)13-5-2-1-3-6-13/h1-10,18H,11-12H2. The van der Waals surface area contributed by atoms with Gasteiger partial charge in [0.1, 0.15) is 11.9 Å². The monoisotopic (exact) mass is 362 g/mol. The molecule has 134 valence electrons. The van der Waals surface area contributed by atoms with E-state index in [1.165, 1.54) is 12.1 Å². The topological polar surface area (TPSA) is 66.0 Å². The lowest BCUT2D eigenvalue weighted by Gasteiger charge is -2.24. The first-order valence-corrected chi connectivity index (χ1v) is 8.59. The quantitative estimate of drug-likeness (QED) is 0.551. The Labute approximate surface area is 154 Å². The summed E-state index contributed by atoms with van der Waals surface area (Å²) in [4.78, 5) is 4.35. The highest BCUT2D eigenvalue weighted by Crippen LogP contribution is 2.29. The van der Waals surface area contributed by atoms with Crippen molar-refractivity contribution in [3.8, 4) is 23.0 Å². The number of hydrogen-bond donors (Lipinski definition) is 0. The molecule has 7 heteroatoms. The maximum Gasteiger partial charge on any atom is 0.278 e. The summed E-state index contributed by atoms with van der Waals surface area (Å²) in [5.41, 5.74) is 3.20. The molecule has 27 heavy (non-hydrogen) atoms. The minimum absolute atomic E-state index is 0.0445. The molecule has 1 unspecified atom stereocenters. The lowest BCUT2D eigenvalue weighted by atomic mass is 10.1. The molecule has 0 fully saturated rings. The molecule has 2 aromatic carbocycles. The van der Waals surface area contributed by atoms with Gasteiger partial charge in [-0.25, -0.2) is 4.39 Å². The highest BCUT2D eigenvalue weighted by molar-refractivity contribution is 5.57. The smallest absolute Gasteiger partial charge is 0.278 e. The van der Waals surface area contributed by atoms with E-state index in [0.29, 0.717) is 36.1 Å². The number of nitrogens with zero attached hydrogens (tertiary/aromatic N) is 4. The first-order chi connectivity index (χ1) is 13.3. The highest BCUT2D eigenvalue weighted by atomic mass is 19.1. The van der Waals surface area contributed by atoms with Gasteiger partial charge in [0.25, 0.3) is 5.89 Å². The van der Waals surface area contributed by atoms with Crippen LogP contribution in [0.2, 0.25) is 0 Å². The van der Waals surface area contributed by atoms with Crippen LogP contribution in [-0.4, -0.2) is 19.9 Å². The van der Waals surface area contributed by atoms with E-state index in [0.717, 1.165) is 11.3 Å². The summed E-state index contributed by atoms with van der Waals surface area (Å²) >= 11 is 0. The molecule has 4 aromatic rings. The fraction of sp³-hybridized carbons (Fsp3) is 0.150. The van der Waals surface area contributed by atoms with Crippen molar-refractivity contribution in [2.24, 2.45) is 0 Å². The Morgan fingerprint density at radius 2 is 1.93 bits per heavy atom. The van der Waals surface area contributed by atoms with Gasteiger partial charge >= 0.3 is 0 Å². The van der Waals surface area contributed by atoms with Crippen LogP contribution in [0.15, 0.2) is 65.2 Å². The van der Waals surface area contributed by atoms with Crippen LogP contribution >= 0.6 is 0 Å². The minimum Gasteiger partial charge on any atom is -0.365 e. The molecule has 1 aliphatic heterocycles. The number of halogens is 1. The SMILES string of the molecule is Fc1cccc(-c2noc(-c3cc4n(n3)CC(c3ccccc3)OC4)n2)c1. The molecule has 0 amide bonds. The van der Waals surface area contributed by atoms with E-state index in [1.54, 1.807) is 12.1 Å². The zero-order valence-electron chi connectivity index (χ0n) is 14.2. The van der Waals surface area contributed by atoms with Crippen LogP contribution < -0.4 is 0 Å². The second kappa shape index (κ2) is 6.44. The van der Waals surface area contributed by atoms with Crippen LogP contribution in [0.5, 0.6) is 0 Å². The summed E-state index contributed by atoms with van der Waals surface area (Å²) in [7, 11) is 0. The molecule has 0 bridgehead atoms. The van der Waals surface area contributed by atoms with E-state index in [4.69, 9.17) is 9.26 Å². The maximum atomic E-state index is 13.4. The normalized spacial score (nSPS) is 16.3. The van der Waals surface area contributed by atoms with E-state index in [1.807, 2.05) is 41.1 Å². The van der Waals surface area contributed by atoms with Gasteiger partial charge in [-0.1, -0.05) is 47.6 Å². The molecule has 1 atom stereocenters. The van der Waals surface area contributed by atoms with Crippen LogP contribution in [0.1, 0.15) is 17.4 Å². The predicted octanol–water partition coefficient (Wildman–Crippen LogP) is 4.01. The van der Waals surface area contributed by atoms with Crippen molar-refractivity contribution in [3.63, 3.8) is 0 Å². The van der Waals surface area contributed by atoms with Gasteiger partial charge in [-0.15, -0.1) is 0 Å². The van der Waals surface area contributed by atoms with Crippen LogP contribution in [0, 0.1) is 5.82 Å². The van der Waals surface area contributed by atoms with Gasteiger partial charge in [-0.3, -0.25) is 4.68 Å². The molecular formula is C20H15FN4O2. The van der Waals surface area contributed by atoms with Crippen molar-refractivity contribution in [1.29, 1.82) is 0 Å². The Bertz CT molecular complexity index is 1090. The van der Waals surface area contributed by atoms with Crippen LogP contribution in [0.4, 0.5) is 4.39 Å². The molecule has 2 aromatic heterocycles. The highest BCUT2D eigenvalue weighted by Gasteiger charge is 2.24. The summed E-state index contributed by atoms with van der Waals surface area (Å²) in [5.74, 6) is 0.279. The van der Waals surface area contributed by atoms with Crippen LogP contribution in [0.3, 0.4) is 0 Å². The molecule has 0 spiro atoms. The summed E-state index contributed by atoms with van der Waals surface area (Å²) < 4.78 is 26.6. The average Bonchev–Trinajstić information content (AvgIpc) is 3.35. The number of benzene rings is 2. The third kappa shape index (κ3) is 3.02. The van der Waals surface area contributed by atoms with Crippen molar-refractivity contribution < 1.29 is 13.7 Å². The third-order valence-corrected chi connectivity index (χ3v) is 4.53. The lowest BCUT2D eigenvalue weighted by Crippen LogP contribution is -2.21. The van der Waals surface area contributed by atoms with Crippen molar-refractivity contribution in [2.75, 3.05) is 0 Å². The maximum absolute atomic E-state index is 13.4. The van der Waals surface area contributed by atoms with Gasteiger partial charge in [0, 0.05) is 5.56 Å². The van der Waals surface area contributed by atoms with E-state index in [9.17, 15) is 4.39 Å². The number of aromatic nitrogens is 4. The number of rotatable bonds is 3. The minimum atomic E-state index is -0.347. The van der Waals surface area contributed by atoms with E-state index < -0.39 is 0 Å². The Hall–Kier alpha value is -3.32. The van der Waals surface area contributed by atoms with Crippen molar-refractivity contribution in [3.05, 3.63) is 77.7 Å². The van der Waals surface area contributed by atoms with E-state index >= 15 is 0 Å². The van der Waals surface area contributed by atoms with Crippen LogP contribution in [-0.2, 0) is 17.9 Å². The van der Waals surface area contributed by atoms with Gasteiger partial charge in [-0.05, 0) is 23.8 Å². The van der Waals surface area contributed by atoms with Crippen molar-refractivity contribution >= 4 is 0 Å². The Kier molecular flexibility index (Phi) is 3.79. The second-order valence-corrected chi connectivity index (χ2v) is 6.35. The van der Waals surface area contributed by atoms with Gasteiger partial charge in [0.05, 0.1) is 18.8 Å². The second-order valence-electron chi connectivity index (χ2n) is 6.35. The number of ether oxygens (including phenoxy) is 1. The fourth-order valence-corrected chi connectivity index (χ4v) is 3.17. The molecule has 0 saturated heterocycles. The van der Waals surface area contributed by atoms with Gasteiger partial charge < -0.3 is 9.26 Å². The Balaban J connectivity index is 1.41. The van der Waals surface area contributed by atoms with Gasteiger partial charge in [0.2, 0.25) is 5.82 Å².